The fraction of sp³-hybridized carbons (Fsp3) is 0.333. The zero-order valence-corrected chi connectivity index (χ0v) is 8.53. The molecule has 0 fully saturated rings. The number of nitrogens with two attached hydrogens (primary N) is 1. The van der Waals surface area contributed by atoms with Gasteiger partial charge in [-0.25, -0.2) is 0 Å². The van der Waals surface area contributed by atoms with Crippen molar-refractivity contribution in [2.45, 2.75) is 12.8 Å². The van der Waals surface area contributed by atoms with Gasteiger partial charge >= 0.3 is 0 Å². The van der Waals surface area contributed by atoms with E-state index in [4.69, 9.17) is 17.3 Å². The zero-order valence-electron chi connectivity index (χ0n) is 6.96. The third kappa shape index (κ3) is 2.67. The van der Waals surface area contributed by atoms with E-state index in [1.807, 2.05) is 24.3 Å². The minimum Gasteiger partial charge on any atom is -0.330 e. The molecule has 1 atom stereocenters. The summed E-state index contributed by atoms with van der Waals surface area (Å²) in [6, 6.07) is 7.81. The van der Waals surface area contributed by atoms with Gasteiger partial charge in [-0.15, -0.1) is 12.4 Å². The van der Waals surface area contributed by atoms with E-state index < -0.39 is 0 Å². The summed E-state index contributed by atoms with van der Waals surface area (Å²) in [4.78, 5) is 0. The van der Waals surface area contributed by atoms with Crippen LogP contribution in [-0.4, -0.2) is 6.54 Å². The molecule has 12 heavy (non-hydrogen) atoms. The van der Waals surface area contributed by atoms with E-state index in [0.29, 0.717) is 12.5 Å². The van der Waals surface area contributed by atoms with Gasteiger partial charge in [-0.1, -0.05) is 36.7 Å². The third-order valence-electron chi connectivity index (χ3n) is 1.79. The van der Waals surface area contributed by atoms with Gasteiger partial charge in [0.2, 0.25) is 0 Å². The Morgan fingerprint density at radius 2 is 2.00 bits per heavy atom. The maximum absolute atomic E-state index is 5.94. The van der Waals surface area contributed by atoms with Crippen molar-refractivity contribution in [1.29, 1.82) is 0 Å². The van der Waals surface area contributed by atoms with Crippen LogP contribution in [0.3, 0.4) is 0 Å². The molecule has 0 heterocycles. The first kappa shape index (κ1) is 11.8. The van der Waals surface area contributed by atoms with Crippen molar-refractivity contribution in [3.63, 3.8) is 0 Å². The minimum absolute atomic E-state index is 0. The molecule has 1 aromatic carbocycles. The molecule has 1 unspecified atom stereocenters. The highest BCUT2D eigenvalue weighted by Crippen LogP contribution is 2.22. The predicted molar refractivity (Wildman–Crippen MR) is 56.2 cm³/mol. The lowest BCUT2D eigenvalue weighted by molar-refractivity contribution is 0.774. The van der Waals surface area contributed by atoms with Crippen molar-refractivity contribution in [3.8, 4) is 0 Å². The van der Waals surface area contributed by atoms with E-state index in [0.717, 1.165) is 10.6 Å². The number of benzene rings is 1. The van der Waals surface area contributed by atoms with Crippen molar-refractivity contribution in [2.24, 2.45) is 5.73 Å². The first-order valence-electron chi connectivity index (χ1n) is 3.70. The Morgan fingerprint density at radius 3 is 2.50 bits per heavy atom. The molecule has 0 bridgehead atoms. The van der Waals surface area contributed by atoms with E-state index in [1.165, 1.54) is 0 Å². The van der Waals surface area contributed by atoms with Gasteiger partial charge in [0.1, 0.15) is 0 Å². The summed E-state index contributed by atoms with van der Waals surface area (Å²) in [5.41, 5.74) is 6.65. The van der Waals surface area contributed by atoms with E-state index in [9.17, 15) is 0 Å². The van der Waals surface area contributed by atoms with Gasteiger partial charge in [0, 0.05) is 5.02 Å². The van der Waals surface area contributed by atoms with Crippen molar-refractivity contribution < 1.29 is 0 Å². The van der Waals surface area contributed by atoms with Gasteiger partial charge in [-0.3, -0.25) is 0 Å². The van der Waals surface area contributed by atoms with E-state index in [2.05, 4.69) is 6.92 Å². The number of rotatable bonds is 2. The molecule has 3 heteroatoms. The standard InChI is InChI=1S/C9H12ClN.ClH/c1-7(6-11)8-4-2-3-5-9(8)10;/h2-5,7H,6,11H2,1H3;1H. The topological polar surface area (TPSA) is 26.0 Å². The van der Waals surface area contributed by atoms with Crippen LogP contribution in [0.25, 0.3) is 0 Å². The van der Waals surface area contributed by atoms with Crippen LogP contribution in [0.15, 0.2) is 24.3 Å². The lowest BCUT2D eigenvalue weighted by Gasteiger charge is -2.09. The van der Waals surface area contributed by atoms with Gasteiger partial charge in [-0.05, 0) is 24.1 Å². The quantitative estimate of drug-likeness (QED) is 0.790. The van der Waals surface area contributed by atoms with E-state index in [-0.39, 0.29) is 12.4 Å². The van der Waals surface area contributed by atoms with Crippen LogP contribution in [-0.2, 0) is 0 Å². The SMILES string of the molecule is CC(CN)c1ccccc1Cl.Cl. The summed E-state index contributed by atoms with van der Waals surface area (Å²) in [5.74, 6) is 0.351. The first-order valence-corrected chi connectivity index (χ1v) is 4.08. The molecule has 0 aromatic heterocycles. The van der Waals surface area contributed by atoms with Crippen LogP contribution in [0.4, 0.5) is 0 Å². The predicted octanol–water partition coefficient (Wildman–Crippen LogP) is 2.82. The maximum Gasteiger partial charge on any atom is 0.0441 e. The third-order valence-corrected chi connectivity index (χ3v) is 2.13. The molecule has 0 aliphatic rings. The van der Waals surface area contributed by atoms with Gasteiger partial charge < -0.3 is 5.73 Å². The summed E-state index contributed by atoms with van der Waals surface area (Å²) in [6.45, 7) is 2.71. The highest BCUT2D eigenvalue weighted by atomic mass is 35.5. The Morgan fingerprint density at radius 1 is 1.42 bits per heavy atom. The Kier molecular flexibility index (Phi) is 5.31. The molecule has 68 valence electrons. The number of hydrogen-bond acceptors (Lipinski definition) is 1. The average molecular weight is 206 g/mol. The number of halogens is 2. The van der Waals surface area contributed by atoms with Crippen molar-refractivity contribution in [3.05, 3.63) is 34.9 Å². The minimum atomic E-state index is 0. The molecule has 1 nitrogen and oxygen atoms in total. The molecule has 1 aromatic rings. The van der Waals surface area contributed by atoms with Gasteiger partial charge in [0.15, 0.2) is 0 Å². The summed E-state index contributed by atoms with van der Waals surface area (Å²) in [7, 11) is 0. The Hall–Kier alpha value is -0.240. The van der Waals surface area contributed by atoms with Gasteiger partial charge in [0.25, 0.3) is 0 Å². The van der Waals surface area contributed by atoms with Crippen molar-refractivity contribution in [2.75, 3.05) is 6.54 Å². The molecular weight excluding hydrogens is 193 g/mol. The number of hydrogen-bond donors (Lipinski definition) is 1. The van der Waals surface area contributed by atoms with Crippen LogP contribution in [0.2, 0.25) is 5.02 Å². The molecule has 2 N–H and O–H groups in total. The average Bonchev–Trinajstić information content (AvgIpc) is 2.04. The fourth-order valence-corrected chi connectivity index (χ4v) is 1.32. The second-order valence-electron chi connectivity index (χ2n) is 2.66. The van der Waals surface area contributed by atoms with Crippen LogP contribution in [0.5, 0.6) is 0 Å². The molecule has 1 rings (SSSR count). The zero-order chi connectivity index (χ0) is 8.27. The van der Waals surface area contributed by atoms with Crippen LogP contribution >= 0.6 is 24.0 Å². The van der Waals surface area contributed by atoms with E-state index in [1.54, 1.807) is 0 Å². The van der Waals surface area contributed by atoms with Crippen molar-refractivity contribution in [1.82, 2.24) is 0 Å². The molecule has 0 amide bonds. The normalized spacial score (nSPS) is 11.9. The molecule has 0 saturated heterocycles. The lowest BCUT2D eigenvalue weighted by Crippen LogP contribution is -2.08. The molecule has 0 aliphatic heterocycles. The second kappa shape index (κ2) is 5.41. The van der Waals surface area contributed by atoms with Gasteiger partial charge in [0.05, 0.1) is 0 Å². The van der Waals surface area contributed by atoms with Crippen molar-refractivity contribution >= 4 is 24.0 Å². The summed E-state index contributed by atoms with van der Waals surface area (Å²) >= 11 is 5.94. The van der Waals surface area contributed by atoms with Crippen LogP contribution in [0, 0.1) is 0 Å². The molecule has 0 spiro atoms. The highest BCUT2D eigenvalue weighted by Gasteiger charge is 2.05. The van der Waals surface area contributed by atoms with E-state index >= 15 is 0 Å². The van der Waals surface area contributed by atoms with Crippen LogP contribution < -0.4 is 5.73 Å². The Balaban J connectivity index is 0.00000121. The molecular formula is C9H13Cl2N. The summed E-state index contributed by atoms with van der Waals surface area (Å²) in [5, 5.41) is 0.811. The second-order valence-corrected chi connectivity index (χ2v) is 3.07. The highest BCUT2D eigenvalue weighted by molar-refractivity contribution is 6.31. The lowest BCUT2D eigenvalue weighted by atomic mass is 10.0. The monoisotopic (exact) mass is 205 g/mol. The molecule has 0 aliphatic carbocycles. The first-order chi connectivity index (χ1) is 5.25. The fourth-order valence-electron chi connectivity index (χ4n) is 1.00. The Bertz CT molecular complexity index is 238. The molecule has 0 radical (unpaired) electrons. The van der Waals surface area contributed by atoms with Crippen LogP contribution in [0.1, 0.15) is 18.4 Å². The smallest absolute Gasteiger partial charge is 0.0441 e. The summed E-state index contributed by atoms with van der Waals surface area (Å²) < 4.78 is 0. The largest absolute Gasteiger partial charge is 0.330 e. The van der Waals surface area contributed by atoms with Gasteiger partial charge in [-0.2, -0.15) is 0 Å². The summed E-state index contributed by atoms with van der Waals surface area (Å²) in [6.07, 6.45) is 0. The molecule has 0 saturated carbocycles. The maximum atomic E-state index is 5.94. The Labute approximate surface area is 84.3 Å².